The molecule has 2 aromatic rings. The number of halogens is 1. The Morgan fingerprint density at radius 1 is 1.27 bits per heavy atom. The molecular weight excluding hydrogens is 385 g/mol. The maximum absolute atomic E-state index is 13.3. The van der Waals surface area contributed by atoms with Gasteiger partial charge in [0.2, 0.25) is 11.8 Å². The SMILES string of the molecule is CN(C)C(=O)CN1c2cccnc2-n2cccc2[C@]12CCN(C(=O)C1CC(F)C1)C2. The van der Waals surface area contributed by atoms with Crippen LogP contribution in [0.1, 0.15) is 25.0 Å². The van der Waals surface area contributed by atoms with Crippen LogP contribution in [-0.4, -0.2) is 71.1 Å². The van der Waals surface area contributed by atoms with Gasteiger partial charge in [-0.05, 0) is 43.5 Å². The minimum absolute atomic E-state index is 0.00627. The highest BCUT2D eigenvalue weighted by Gasteiger charge is 2.52. The first-order chi connectivity index (χ1) is 14.4. The molecule has 30 heavy (non-hydrogen) atoms. The van der Waals surface area contributed by atoms with E-state index >= 15 is 0 Å². The first-order valence-corrected chi connectivity index (χ1v) is 10.4. The molecule has 1 atom stereocenters. The van der Waals surface area contributed by atoms with Crippen molar-refractivity contribution in [1.29, 1.82) is 0 Å². The Kier molecular flexibility index (Phi) is 4.34. The molecule has 7 nitrogen and oxygen atoms in total. The first-order valence-electron chi connectivity index (χ1n) is 10.4. The molecule has 0 aromatic carbocycles. The van der Waals surface area contributed by atoms with Crippen LogP contribution in [0.4, 0.5) is 10.1 Å². The molecule has 5 rings (SSSR count). The summed E-state index contributed by atoms with van der Waals surface area (Å²) in [5.41, 5.74) is 1.41. The van der Waals surface area contributed by atoms with Crippen molar-refractivity contribution < 1.29 is 14.0 Å². The zero-order valence-corrected chi connectivity index (χ0v) is 17.3. The van der Waals surface area contributed by atoms with Crippen LogP contribution in [0.2, 0.25) is 0 Å². The van der Waals surface area contributed by atoms with Crippen LogP contribution in [0, 0.1) is 5.92 Å². The van der Waals surface area contributed by atoms with E-state index in [1.807, 2.05) is 29.3 Å². The zero-order valence-electron chi connectivity index (χ0n) is 17.3. The summed E-state index contributed by atoms with van der Waals surface area (Å²) < 4.78 is 15.4. The summed E-state index contributed by atoms with van der Waals surface area (Å²) in [6.45, 7) is 1.28. The molecule has 8 heteroatoms. The van der Waals surface area contributed by atoms with E-state index in [1.165, 1.54) is 0 Å². The fourth-order valence-corrected chi connectivity index (χ4v) is 5.03. The van der Waals surface area contributed by atoms with Gasteiger partial charge in [0.25, 0.3) is 0 Å². The topological polar surface area (TPSA) is 61.7 Å². The second-order valence-corrected chi connectivity index (χ2v) is 8.79. The van der Waals surface area contributed by atoms with Gasteiger partial charge < -0.3 is 19.3 Å². The number of rotatable bonds is 3. The molecule has 0 unspecified atom stereocenters. The van der Waals surface area contributed by atoms with E-state index < -0.39 is 11.7 Å². The zero-order chi connectivity index (χ0) is 21.0. The van der Waals surface area contributed by atoms with Gasteiger partial charge >= 0.3 is 0 Å². The molecule has 2 fully saturated rings. The van der Waals surface area contributed by atoms with Crippen LogP contribution < -0.4 is 4.90 Å². The molecule has 0 N–H and O–H groups in total. The average molecular weight is 411 g/mol. The minimum Gasteiger partial charge on any atom is -0.347 e. The molecule has 3 aliphatic rings. The fraction of sp³-hybridized carbons (Fsp3) is 0.500. The molecule has 2 amide bonds. The molecular formula is C22H26FN5O2. The molecule has 1 saturated heterocycles. The number of carbonyl (C=O) groups excluding carboxylic acids is 2. The van der Waals surface area contributed by atoms with E-state index in [0.717, 1.165) is 17.2 Å². The van der Waals surface area contributed by atoms with Crippen LogP contribution in [0.25, 0.3) is 5.82 Å². The average Bonchev–Trinajstić information content (AvgIpc) is 3.37. The smallest absolute Gasteiger partial charge is 0.241 e. The highest BCUT2D eigenvalue weighted by atomic mass is 19.1. The Morgan fingerprint density at radius 3 is 2.80 bits per heavy atom. The van der Waals surface area contributed by atoms with Crippen molar-refractivity contribution >= 4 is 17.5 Å². The molecule has 1 spiro atoms. The van der Waals surface area contributed by atoms with Crippen molar-refractivity contribution in [3.63, 3.8) is 0 Å². The number of nitrogens with zero attached hydrogens (tertiary/aromatic N) is 5. The number of fused-ring (bicyclic) bond motifs is 4. The van der Waals surface area contributed by atoms with Gasteiger partial charge in [-0.2, -0.15) is 0 Å². The van der Waals surface area contributed by atoms with Crippen molar-refractivity contribution in [3.05, 3.63) is 42.4 Å². The quantitative estimate of drug-likeness (QED) is 0.775. The molecule has 0 bridgehead atoms. The van der Waals surface area contributed by atoms with Crippen molar-refractivity contribution in [2.45, 2.75) is 31.0 Å². The van der Waals surface area contributed by atoms with Gasteiger partial charge in [0.15, 0.2) is 5.82 Å². The Hall–Kier alpha value is -2.90. The van der Waals surface area contributed by atoms with E-state index in [1.54, 1.807) is 25.2 Å². The van der Waals surface area contributed by atoms with Crippen molar-refractivity contribution in [2.24, 2.45) is 5.92 Å². The largest absolute Gasteiger partial charge is 0.347 e. The number of amides is 2. The lowest BCUT2D eigenvalue weighted by Crippen LogP contribution is -2.56. The van der Waals surface area contributed by atoms with Crippen molar-refractivity contribution in [1.82, 2.24) is 19.4 Å². The summed E-state index contributed by atoms with van der Waals surface area (Å²) >= 11 is 0. The van der Waals surface area contributed by atoms with Gasteiger partial charge in [0.1, 0.15) is 11.7 Å². The first kappa shape index (κ1) is 19.1. The second kappa shape index (κ2) is 6.82. The number of likely N-dealkylation sites (N-methyl/N-ethyl adjacent to an activating group) is 1. The summed E-state index contributed by atoms with van der Waals surface area (Å²) in [7, 11) is 3.50. The van der Waals surface area contributed by atoms with Gasteiger partial charge in [0.05, 0.1) is 17.9 Å². The number of hydrogen-bond donors (Lipinski definition) is 0. The van der Waals surface area contributed by atoms with Crippen LogP contribution in [0.3, 0.4) is 0 Å². The van der Waals surface area contributed by atoms with E-state index in [-0.39, 0.29) is 24.3 Å². The Morgan fingerprint density at radius 2 is 2.07 bits per heavy atom. The van der Waals surface area contributed by atoms with E-state index in [4.69, 9.17) is 0 Å². The third-order valence-electron chi connectivity index (χ3n) is 6.81. The lowest BCUT2D eigenvalue weighted by molar-refractivity contribution is -0.139. The summed E-state index contributed by atoms with van der Waals surface area (Å²) in [6, 6.07) is 7.90. The monoisotopic (exact) mass is 411 g/mol. The molecule has 2 aromatic heterocycles. The predicted octanol–water partition coefficient (Wildman–Crippen LogP) is 1.96. The van der Waals surface area contributed by atoms with E-state index in [0.29, 0.717) is 32.4 Å². The Balaban J connectivity index is 1.55. The third kappa shape index (κ3) is 2.73. The highest BCUT2D eigenvalue weighted by Crippen LogP contribution is 2.47. The number of pyridine rings is 1. The van der Waals surface area contributed by atoms with E-state index in [9.17, 15) is 14.0 Å². The minimum atomic E-state index is -0.852. The standard InChI is InChI=1S/C22H26FN5O2/c1-25(2)19(29)13-28-17-5-3-8-24-20(17)27-9-4-6-18(27)22(28)7-10-26(14-22)21(30)15-11-16(23)12-15/h3-6,8-9,15-16H,7,10-14H2,1-2H3/t15?,16?,22-/m1/s1. The van der Waals surface area contributed by atoms with Crippen LogP contribution in [0.5, 0.6) is 0 Å². The normalized spacial score (nSPS) is 26.9. The van der Waals surface area contributed by atoms with E-state index in [2.05, 4.69) is 20.5 Å². The lowest BCUT2D eigenvalue weighted by Gasteiger charge is -2.47. The molecule has 2 aliphatic heterocycles. The highest BCUT2D eigenvalue weighted by molar-refractivity contribution is 5.84. The van der Waals surface area contributed by atoms with Gasteiger partial charge in [0, 0.05) is 45.5 Å². The molecule has 1 saturated carbocycles. The second-order valence-electron chi connectivity index (χ2n) is 8.79. The molecule has 1 aliphatic carbocycles. The number of anilines is 1. The van der Waals surface area contributed by atoms with Crippen LogP contribution >= 0.6 is 0 Å². The molecule has 158 valence electrons. The molecule has 4 heterocycles. The predicted molar refractivity (Wildman–Crippen MR) is 110 cm³/mol. The Bertz CT molecular complexity index is 999. The van der Waals surface area contributed by atoms with Crippen molar-refractivity contribution in [2.75, 3.05) is 38.6 Å². The summed E-state index contributed by atoms with van der Waals surface area (Å²) in [5, 5.41) is 0. The van der Waals surface area contributed by atoms with Gasteiger partial charge in [-0.15, -0.1) is 0 Å². The lowest BCUT2D eigenvalue weighted by atomic mass is 9.82. The van der Waals surface area contributed by atoms with Gasteiger partial charge in [-0.25, -0.2) is 9.37 Å². The number of aromatic nitrogens is 2. The van der Waals surface area contributed by atoms with Gasteiger partial charge in [-0.3, -0.25) is 9.59 Å². The maximum Gasteiger partial charge on any atom is 0.241 e. The summed E-state index contributed by atoms with van der Waals surface area (Å²) in [6.07, 6.45) is 4.25. The molecule has 0 radical (unpaired) electrons. The fourth-order valence-electron chi connectivity index (χ4n) is 5.03. The van der Waals surface area contributed by atoms with Gasteiger partial charge in [-0.1, -0.05) is 0 Å². The number of likely N-dealkylation sites (tertiary alicyclic amines) is 1. The third-order valence-corrected chi connectivity index (χ3v) is 6.81. The summed E-state index contributed by atoms with van der Waals surface area (Å²) in [4.78, 5) is 35.9. The number of hydrogen-bond acceptors (Lipinski definition) is 4. The van der Waals surface area contributed by atoms with Crippen LogP contribution in [-0.2, 0) is 15.1 Å². The number of carbonyl (C=O) groups is 2. The number of alkyl halides is 1. The Labute approximate surface area is 175 Å². The van der Waals surface area contributed by atoms with Crippen LogP contribution in [0.15, 0.2) is 36.7 Å². The van der Waals surface area contributed by atoms with Crippen molar-refractivity contribution in [3.8, 4) is 5.82 Å². The summed E-state index contributed by atoms with van der Waals surface area (Å²) in [5.74, 6) is 0.609. The maximum atomic E-state index is 13.3.